The number of nitrogens with zero attached hydrogens (tertiary/aromatic N) is 1. The van der Waals surface area contributed by atoms with E-state index in [4.69, 9.17) is 5.73 Å². The predicted molar refractivity (Wildman–Crippen MR) is 73.7 cm³/mol. The molecule has 0 unspecified atom stereocenters. The zero-order valence-electron chi connectivity index (χ0n) is 10.7. The van der Waals surface area contributed by atoms with E-state index >= 15 is 0 Å². The summed E-state index contributed by atoms with van der Waals surface area (Å²) in [4.78, 5) is 16.3. The Kier molecular flexibility index (Phi) is 4.29. The fraction of sp³-hybridized carbons (Fsp3) is 0.231. The van der Waals surface area contributed by atoms with Crippen molar-refractivity contribution in [3.63, 3.8) is 0 Å². The Bertz CT molecular complexity index is 622. The van der Waals surface area contributed by atoms with Gasteiger partial charge in [-0.25, -0.2) is 13.8 Å². The molecule has 0 aliphatic heterocycles. The first-order chi connectivity index (χ1) is 9.45. The normalized spacial score (nSPS) is 10.6. The summed E-state index contributed by atoms with van der Waals surface area (Å²) in [6, 6.07) is 3.29. The van der Waals surface area contributed by atoms with Crippen LogP contribution in [-0.2, 0) is 6.42 Å². The molecule has 3 N–H and O–H groups in total. The zero-order valence-corrected chi connectivity index (χ0v) is 11.6. The van der Waals surface area contributed by atoms with Crippen LogP contribution >= 0.6 is 11.3 Å². The van der Waals surface area contributed by atoms with E-state index in [1.165, 1.54) is 12.1 Å². The molecule has 0 radical (unpaired) electrons. The molecule has 0 atom stereocenters. The second kappa shape index (κ2) is 5.96. The van der Waals surface area contributed by atoms with E-state index in [0.717, 1.165) is 17.4 Å². The molecule has 0 aliphatic rings. The van der Waals surface area contributed by atoms with E-state index in [1.807, 2.05) is 0 Å². The number of carbonyl (C=O) groups excluding carboxylic acids is 1. The Morgan fingerprint density at radius 1 is 1.35 bits per heavy atom. The highest BCUT2D eigenvalue weighted by Crippen LogP contribution is 2.19. The third-order valence-corrected chi connectivity index (χ3v) is 3.63. The Hall–Kier alpha value is -2.02. The summed E-state index contributed by atoms with van der Waals surface area (Å²) in [5.41, 5.74) is 6.57. The van der Waals surface area contributed by atoms with Gasteiger partial charge in [0.1, 0.15) is 16.5 Å². The number of carbonyl (C=O) groups is 1. The van der Waals surface area contributed by atoms with Crippen LogP contribution in [0.2, 0.25) is 0 Å². The average molecular weight is 297 g/mol. The lowest BCUT2D eigenvalue weighted by Crippen LogP contribution is -2.25. The molecule has 4 nitrogen and oxygen atoms in total. The minimum Gasteiger partial charge on any atom is -0.375 e. The van der Waals surface area contributed by atoms with Gasteiger partial charge in [0.2, 0.25) is 0 Å². The van der Waals surface area contributed by atoms with E-state index in [-0.39, 0.29) is 12.5 Å². The second-order valence-electron chi connectivity index (χ2n) is 4.25. The van der Waals surface area contributed by atoms with E-state index < -0.39 is 11.6 Å². The highest BCUT2D eigenvalue weighted by Gasteiger charge is 2.13. The van der Waals surface area contributed by atoms with Gasteiger partial charge in [-0.2, -0.15) is 0 Å². The maximum Gasteiger partial charge on any atom is 0.263 e. The van der Waals surface area contributed by atoms with Gasteiger partial charge < -0.3 is 11.1 Å². The first kappa shape index (κ1) is 14.4. The number of aromatic nitrogens is 1. The van der Waals surface area contributed by atoms with Gasteiger partial charge in [-0.05, 0) is 31.0 Å². The van der Waals surface area contributed by atoms with Gasteiger partial charge in [0.15, 0.2) is 5.13 Å². The van der Waals surface area contributed by atoms with Crippen molar-refractivity contribution in [1.82, 2.24) is 10.3 Å². The minimum atomic E-state index is -0.627. The molecule has 0 bridgehead atoms. The van der Waals surface area contributed by atoms with Crippen molar-refractivity contribution < 1.29 is 13.6 Å². The Labute approximate surface area is 118 Å². The van der Waals surface area contributed by atoms with Gasteiger partial charge in [-0.1, -0.05) is 11.3 Å². The first-order valence-electron chi connectivity index (χ1n) is 5.92. The van der Waals surface area contributed by atoms with Crippen LogP contribution in [0, 0.1) is 18.6 Å². The number of amides is 1. The summed E-state index contributed by atoms with van der Waals surface area (Å²) < 4.78 is 26.0. The van der Waals surface area contributed by atoms with E-state index in [2.05, 4.69) is 10.3 Å². The van der Waals surface area contributed by atoms with Crippen molar-refractivity contribution >= 4 is 22.4 Å². The molecule has 1 aromatic heterocycles. The lowest BCUT2D eigenvalue weighted by Gasteiger charge is -2.05. The predicted octanol–water partition coefficient (Wildman–Crippen LogP) is 2.28. The number of aryl methyl sites for hydroxylation is 1. The monoisotopic (exact) mass is 297 g/mol. The van der Waals surface area contributed by atoms with E-state index in [1.54, 1.807) is 6.92 Å². The zero-order chi connectivity index (χ0) is 14.7. The third-order valence-electron chi connectivity index (χ3n) is 2.64. The van der Waals surface area contributed by atoms with Crippen LogP contribution in [0.15, 0.2) is 18.2 Å². The smallest absolute Gasteiger partial charge is 0.263 e. The average Bonchev–Trinajstić information content (AvgIpc) is 2.67. The van der Waals surface area contributed by atoms with Crippen LogP contribution < -0.4 is 11.1 Å². The van der Waals surface area contributed by atoms with Crippen molar-refractivity contribution in [2.24, 2.45) is 0 Å². The molecule has 106 valence electrons. The molecule has 0 fully saturated rings. The maximum atomic E-state index is 13.0. The van der Waals surface area contributed by atoms with Crippen LogP contribution in [0.3, 0.4) is 0 Å². The molecule has 0 aliphatic carbocycles. The van der Waals surface area contributed by atoms with Gasteiger partial charge in [0, 0.05) is 12.6 Å². The van der Waals surface area contributed by atoms with Crippen molar-refractivity contribution in [3.05, 3.63) is 46.0 Å². The second-order valence-corrected chi connectivity index (χ2v) is 5.28. The fourth-order valence-electron chi connectivity index (χ4n) is 1.78. The molecule has 1 heterocycles. The van der Waals surface area contributed by atoms with Crippen LogP contribution in [-0.4, -0.2) is 17.4 Å². The van der Waals surface area contributed by atoms with Crippen molar-refractivity contribution in [2.45, 2.75) is 13.3 Å². The summed E-state index contributed by atoms with van der Waals surface area (Å²) in [5, 5.41) is 3.00. The van der Waals surface area contributed by atoms with Gasteiger partial charge in [-0.15, -0.1) is 0 Å². The lowest BCUT2D eigenvalue weighted by molar-refractivity contribution is 0.0957. The summed E-state index contributed by atoms with van der Waals surface area (Å²) >= 11 is 1.11. The number of nitrogen functional groups attached to an aromatic ring is 1. The van der Waals surface area contributed by atoms with Crippen LogP contribution in [0.4, 0.5) is 13.9 Å². The summed E-state index contributed by atoms with van der Waals surface area (Å²) in [7, 11) is 0. The van der Waals surface area contributed by atoms with Gasteiger partial charge in [0.25, 0.3) is 5.91 Å². The molecule has 1 amide bonds. The number of halogens is 2. The quantitative estimate of drug-likeness (QED) is 0.909. The van der Waals surface area contributed by atoms with Crippen molar-refractivity contribution in [2.75, 3.05) is 12.3 Å². The summed E-state index contributed by atoms with van der Waals surface area (Å²) in [6.07, 6.45) is 0.341. The molecule has 0 spiro atoms. The lowest BCUT2D eigenvalue weighted by atomic mass is 10.1. The van der Waals surface area contributed by atoms with Crippen molar-refractivity contribution in [1.29, 1.82) is 0 Å². The molecular weight excluding hydrogens is 284 g/mol. The fourth-order valence-corrected chi connectivity index (χ4v) is 2.53. The summed E-state index contributed by atoms with van der Waals surface area (Å²) in [6.45, 7) is 1.97. The number of nitrogens with one attached hydrogen (secondary N) is 1. The highest BCUT2D eigenvalue weighted by atomic mass is 32.1. The van der Waals surface area contributed by atoms with Crippen LogP contribution in [0.5, 0.6) is 0 Å². The first-order valence-corrected chi connectivity index (χ1v) is 6.73. The number of thiazole rings is 1. The van der Waals surface area contributed by atoms with Crippen LogP contribution in [0.25, 0.3) is 0 Å². The SMILES string of the molecule is Cc1nc(N)sc1C(=O)NCCc1cc(F)cc(F)c1. The minimum absolute atomic E-state index is 0.277. The Morgan fingerprint density at radius 2 is 2.00 bits per heavy atom. The maximum absolute atomic E-state index is 13.0. The standard InChI is InChI=1S/C13H13F2N3OS/c1-7-11(20-13(16)18-7)12(19)17-3-2-8-4-9(14)6-10(15)5-8/h4-6H,2-3H2,1H3,(H2,16,18)(H,17,19). The number of hydrogen-bond acceptors (Lipinski definition) is 4. The topological polar surface area (TPSA) is 68.0 Å². The Morgan fingerprint density at radius 3 is 2.55 bits per heavy atom. The highest BCUT2D eigenvalue weighted by molar-refractivity contribution is 7.17. The van der Waals surface area contributed by atoms with E-state index in [0.29, 0.717) is 27.7 Å². The van der Waals surface area contributed by atoms with Gasteiger partial charge >= 0.3 is 0 Å². The summed E-state index contributed by atoms with van der Waals surface area (Å²) in [5.74, 6) is -1.54. The number of nitrogens with two attached hydrogens (primary N) is 1. The molecule has 1 aromatic carbocycles. The number of benzene rings is 1. The molecule has 2 aromatic rings. The van der Waals surface area contributed by atoms with Gasteiger partial charge in [0.05, 0.1) is 5.69 Å². The molecule has 2 rings (SSSR count). The Balaban J connectivity index is 1.92. The van der Waals surface area contributed by atoms with E-state index in [9.17, 15) is 13.6 Å². The molecule has 20 heavy (non-hydrogen) atoms. The largest absolute Gasteiger partial charge is 0.375 e. The number of rotatable bonds is 4. The number of anilines is 1. The molecule has 0 saturated carbocycles. The van der Waals surface area contributed by atoms with Crippen molar-refractivity contribution in [3.8, 4) is 0 Å². The van der Waals surface area contributed by atoms with Gasteiger partial charge in [-0.3, -0.25) is 4.79 Å². The number of hydrogen-bond donors (Lipinski definition) is 2. The third kappa shape index (κ3) is 3.51. The van der Waals surface area contributed by atoms with Crippen LogP contribution in [0.1, 0.15) is 20.9 Å². The molecule has 7 heteroatoms. The molecular formula is C13H13F2N3OS. The molecule has 0 saturated heterocycles.